The van der Waals surface area contributed by atoms with Crippen molar-refractivity contribution < 1.29 is 9.53 Å². The van der Waals surface area contributed by atoms with Gasteiger partial charge in [-0.25, -0.2) is 0 Å². The van der Waals surface area contributed by atoms with E-state index in [2.05, 4.69) is 54.4 Å². The maximum Gasteiger partial charge on any atom is 0.255 e. The van der Waals surface area contributed by atoms with Gasteiger partial charge < -0.3 is 10.1 Å². The van der Waals surface area contributed by atoms with Gasteiger partial charge in [-0.3, -0.25) is 9.69 Å². The van der Waals surface area contributed by atoms with Gasteiger partial charge in [0.2, 0.25) is 0 Å². The molecule has 1 N–H and O–H groups in total. The van der Waals surface area contributed by atoms with Gasteiger partial charge in [0.1, 0.15) is 0 Å². The van der Waals surface area contributed by atoms with Crippen molar-refractivity contribution >= 4 is 11.6 Å². The number of amides is 1. The lowest BCUT2D eigenvalue weighted by atomic mass is 10.0. The lowest BCUT2D eigenvalue weighted by Gasteiger charge is -2.26. The lowest BCUT2D eigenvalue weighted by Crippen LogP contribution is -2.35. The van der Waals surface area contributed by atoms with E-state index in [1.165, 1.54) is 16.7 Å². The maximum atomic E-state index is 12.7. The number of nitrogens with one attached hydrogen (secondary N) is 1. The minimum atomic E-state index is -0.0430. The van der Waals surface area contributed by atoms with Gasteiger partial charge in [0, 0.05) is 30.9 Å². The average molecular weight is 352 g/mol. The van der Waals surface area contributed by atoms with Crippen molar-refractivity contribution in [2.45, 2.75) is 33.2 Å². The number of para-hydroxylation sites is 1. The summed E-state index contributed by atoms with van der Waals surface area (Å²) in [6, 6.07) is 14.2. The second kappa shape index (κ2) is 8.97. The van der Waals surface area contributed by atoms with E-state index in [4.69, 9.17) is 4.74 Å². The quantitative estimate of drug-likeness (QED) is 0.857. The molecule has 0 bridgehead atoms. The van der Waals surface area contributed by atoms with Crippen LogP contribution < -0.4 is 5.32 Å². The Balaban J connectivity index is 1.69. The number of nitrogens with zero attached hydrogens (tertiary/aromatic N) is 1. The van der Waals surface area contributed by atoms with Crippen LogP contribution in [0.1, 0.15) is 40.9 Å². The molecule has 1 amide bonds. The van der Waals surface area contributed by atoms with Crippen molar-refractivity contribution in [2.24, 2.45) is 0 Å². The fourth-order valence-corrected chi connectivity index (χ4v) is 3.37. The number of hydrogen-bond acceptors (Lipinski definition) is 3. The molecule has 2 aromatic carbocycles. The van der Waals surface area contributed by atoms with E-state index in [9.17, 15) is 4.79 Å². The van der Waals surface area contributed by atoms with Crippen LogP contribution in [0.4, 0.5) is 5.69 Å². The summed E-state index contributed by atoms with van der Waals surface area (Å²) in [7, 11) is 0. The fraction of sp³-hybridized carbons (Fsp3) is 0.409. The second-order valence-electron chi connectivity index (χ2n) is 6.70. The number of rotatable bonds is 6. The molecule has 3 rings (SSSR count). The highest BCUT2D eigenvalue weighted by atomic mass is 16.5. The van der Waals surface area contributed by atoms with Crippen LogP contribution in [0, 0.1) is 0 Å². The number of benzene rings is 2. The third kappa shape index (κ3) is 4.51. The first kappa shape index (κ1) is 18.6. The van der Waals surface area contributed by atoms with Crippen molar-refractivity contribution in [3.8, 4) is 0 Å². The molecular formula is C22H28N2O2. The molecule has 4 nitrogen and oxygen atoms in total. The monoisotopic (exact) mass is 352 g/mol. The van der Waals surface area contributed by atoms with Gasteiger partial charge in [0.15, 0.2) is 0 Å². The standard InChI is InChI=1S/C22H28N2O2/c1-3-18-6-5-7-19(4-2)21(18)23-22(25)20-10-8-17(9-11-20)16-24-12-14-26-15-13-24/h5-11H,3-4,12-16H2,1-2H3,(H,23,25). The first-order valence-corrected chi connectivity index (χ1v) is 9.52. The number of ether oxygens (including phenoxy) is 1. The smallest absolute Gasteiger partial charge is 0.255 e. The highest BCUT2D eigenvalue weighted by Crippen LogP contribution is 2.23. The summed E-state index contributed by atoms with van der Waals surface area (Å²) in [6.45, 7) is 8.68. The van der Waals surface area contributed by atoms with Crippen LogP contribution >= 0.6 is 0 Å². The summed E-state index contributed by atoms with van der Waals surface area (Å²) in [5.74, 6) is -0.0430. The van der Waals surface area contributed by atoms with E-state index in [0.29, 0.717) is 5.56 Å². The number of carbonyl (C=O) groups excluding carboxylic acids is 1. The molecule has 1 aliphatic heterocycles. The third-order valence-corrected chi connectivity index (χ3v) is 4.96. The molecule has 1 aliphatic rings. The Hall–Kier alpha value is -2.17. The normalized spacial score (nSPS) is 15.0. The molecule has 26 heavy (non-hydrogen) atoms. The van der Waals surface area contributed by atoms with E-state index in [0.717, 1.165) is 51.4 Å². The average Bonchev–Trinajstić information content (AvgIpc) is 2.69. The third-order valence-electron chi connectivity index (χ3n) is 4.96. The molecule has 2 aromatic rings. The minimum absolute atomic E-state index is 0.0430. The Bertz CT molecular complexity index is 712. The summed E-state index contributed by atoms with van der Waals surface area (Å²) in [4.78, 5) is 15.1. The second-order valence-corrected chi connectivity index (χ2v) is 6.70. The van der Waals surface area contributed by atoms with Crippen molar-refractivity contribution in [1.29, 1.82) is 0 Å². The molecule has 0 aliphatic carbocycles. The molecule has 1 heterocycles. The van der Waals surface area contributed by atoms with Gasteiger partial charge in [-0.15, -0.1) is 0 Å². The fourth-order valence-electron chi connectivity index (χ4n) is 3.37. The van der Waals surface area contributed by atoms with Gasteiger partial charge in [0.05, 0.1) is 13.2 Å². The number of morpholine rings is 1. The summed E-state index contributed by atoms with van der Waals surface area (Å²) in [5.41, 5.74) is 5.26. The van der Waals surface area contributed by atoms with Crippen molar-refractivity contribution in [1.82, 2.24) is 4.90 Å². The molecule has 0 radical (unpaired) electrons. The van der Waals surface area contributed by atoms with E-state index >= 15 is 0 Å². The largest absolute Gasteiger partial charge is 0.379 e. The van der Waals surface area contributed by atoms with Crippen LogP contribution in [0.2, 0.25) is 0 Å². The van der Waals surface area contributed by atoms with Crippen molar-refractivity contribution in [2.75, 3.05) is 31.6 Å². The van der Waals surface area contributed by atoms with Crippen molar-refractivity contribution in [3.63, 3.8) is 0 Å². The molecular weight excluding hydrogens is 324 g/mol. The van der Waals surface area contributed by atoms with Crippen LogP contribution in [0.25, 0.3) is 0 Å². The molecule has 1 fully saturated rings. The van der Waals surface area contributed by atoms with Crippen LogP contribution in [-0.4, -0.2) is 37.1 Å². The van der Waals surface area contributed by atoms with Crippen LogP contribution in [0.15, 0.2) is 42.5 Å². The zero-order valence-electron chi connectivity index (χ0n) is 15.8. The Labute approximate surface area is 156 Å². The Morgan fingerprint density at radius 3 is 2.19 bits per heavy atom. The summed E-state index contributed by atoms with van der Waals surface area (Å²) >= 11 is 0. The van der Waals surface area contributed by atoms with Gasteiger partial charge in [0.25, 0.3) is 5.91 Å². The predicted octanol–water partition coefficient (Wildman–Crippen LogP) is 3.90. The molecule has 0 unspecified atom stereocenters. The highest BCUT2D eigenvalue weighted by molar-refractivity contribution is 6.05. The van der Waals surface area contributed by atoms with E-state index in [-0.39, 0.29) is 5.91 Å². The molecule has 138 valence electrons. The van der Waals surface area contributed by atoms with Gasteiger partial charge >= 0.3 is 0 Å². The molecule has 0 aromatic heterocycles. The Morgan fingerprint density at radius 2 is 1.62 bits per heavy atom. The van der Waals surface area contributed by atoms with Crippen LogP contribution in [0.5, 0.6) is 0 Å². The lowest BCUT2D eigenvalue weighted by molar-refractivity contribution is 0.0342. The molecule has 0 saturated carbocycles. The predicted molar refractivity (Wildman–Crippen MR) is 106 cm³/mol. The van der Waals surface area contributed by atoms with Crippen LogP contribution in [0.3, 0.4) is 0 Å². The Kier molecular flexibility index (Phi) is 6.42. The molecule has 0 spiro atoms. The SMILES string of the molecule is CCc1cccc(CC)c1NC(=O)c1ccc(CN2CCOCC2)cc1. The Morgan fingerprint density at radius 1 is 1.00 bits per heavy atom. The summed E-state index contributed by atoms with van der Waals surface area (Å²) in [6.07, 6.45) is 1.81. The first-order chi connectivity index (χ1) is 12.7. The number of anilines is 1. The topological polar surface area (TPSA) is 41.6 Å². The van der Waals surface area contributed by atoms with Gasteiger partial charge in [-0.05, 0) is 41.7 Å². The van der Waals surface area contributed by atoms with Crippen LogP contribution in [-0.2, 0) is 24.1 Å². The molecule has 4 heteroatoms. The summed E-state index contributed by atoms with van der Waals surface area (Å²) < 4.78 is 5.39. The van der Waals surface area contributed by atoms with Gasteiger partial charge in [-0.2, -0.15) is 0 Å². The highest BCUT2D eigenvalue weighted by Gasteiger charge is 2.13. The molecule has 0 atom stereocenters. The first-order valence-electron chi connectivity index (χ1n) is 9.52. The minimum Gasteiger partial charge on any atom is -0.379 e. The number of hydrogen-bond donors (Lipinski definition) is 1. The van der Waals surface area contributed by atoms with Crippen molar-refractivity contribution in [3.05, 3.63) is 64.7 Å². The number of carbonyl (C=O) groups is 1. The zero-order chi connectivity index (χ0) is 18.4. The van der Waals surface area contributed by atoms with E-state index in [1.807, 2.05) is 12.1 Å². The van der Waals surface area contributed by atoms with E-state index < -0.39 is 0 Å². The van der Waals surface area contributed by atoms with E-state index in [1.54, 1.807) is 0 Å². The molecule has 1 saturated heterocycles. The summed E-state index contributed by atoms with van der Waals surface area (Å²) in [5, 5.41) is 3.13. The number of aryl methyl sites for hydroxylation is 2. The zero-order valence-corrected chi connectivity index (χ0v) is 15.8. The maximum absolute atomic E-state index is 12.7. The van der Waals surface area contributed by atoms with Gasteiger partial charge in [-0.1, -0.05) is 44.2 Å².